The number of aromatic amines is 1. The summed E-state index contributed by atoms with van der Waals surface area (Å²) >= 11 is 0. The summed E-state index contributed by atoms with van der Waals surface area (Å²) in [6, 6.07) is 8.94. The second-order valence-corrected chi connectivity index (χ2v) is 8.68. The Balaban J connectivity index is 1.38. The van der Waals surface area contributed by atoms with Crippen LogP contribution in [0.15, 0.2) is 41.1 Å². The third-order valence-corrected chi connectivity index (χ3v) is 6.31. The maximum atomic E-state index is 13.0. The summed E-state index contributed by atoms with van der Waals surface area (Å²) in [6.07, 6.45) is 8.34. The van der Waals surface area contributed by atoms with E-state index >= 15 is 0 Å². The number of rotatable bonds is 10. The number of para-hydroxylation sites is 1. The van der Waals surface area contributed by atoms with Crippen molar-refractivity contribution >= 4 is 22.7 Å². The minimum absolute atomic E-state index is 0.0571. The Bertz CT molecular complexity index is 984. The number of anilines is 1. The van der Waals surface area contributed by atoms with Crippen LogP contribution >= 0.6 is 0 Å². The number of ketones is 1. The van der Waals surface area contributed by atoms with Gasteiger partial charge in [0, 0.05) is 49.7 Å². The van der Waals surface area contributed by atoms with Gasteiger partial charge in [0.1, 0.15) is 0 Å². The Morgan fingerprint density at radius 3 is 2.74 bits per heavy atom. The number of nitrogens with one attached hydrogen (secondary N) is 1. The van der Waals surface area contributed by atoms with Crippen LogP contribution in [-0.2, 0) is 6.42 Å². The van der Waals surface area contributed by atoms with E-state index in [1.54, 1.807) is 6.20 Å². The lowest BCUT2D eigenvalue weighted by atomic mass is 9.90. The van der Waals surface area contributed by atoms with Gasteiger partial charge in [-0.15, -0.1) is 0 Å². The summed E-state index contributed by atoms with van der Waals surface area (Å²) in [5.74, 6) is 0.746. The van der Waals surface area contributed by atoms with E-state index in [9.17, 15) is 4.79 Å². The topological polar surface area (TPSA) is 65.4 Å². The average molecular weight is 423 g/mol. The van der Waals surface area contributed by atoms with Crippen LogP contribution in [-0.4, -0.2) is 53.4 Å². The molecule has 1 aliphatic rings. The van der Waals surface area contributed by atoms with Gasteiger partial charge in [-0.25, -0.2) is 4.98 Å². The highest BCUT2D eigenvalue weighted by Gasteiger charge is 2.23. The Hall–Kier alpha value is -2.60. The van der Waals surface area contributed by atoms with Gasteiger partial charge in [0.05, 0.1) is 6.20 Å². The first-order valence-electron chi connectivity index (χ1n) is 11.7. The summed E-state index contributed by atoms with van der Waals surface area (Å²) < 4.78 is 5.91. The molecular weight excluding hydrogens is 388 g/mol. The number of fused-ring (bicyclic) bond motifs is 1. The number of piperazine rings is 1. The molecule has 31 heavy (non-hydrogen) atoms. The van der Waals surface area contributed by atoms with E-state index in [1.165, 1.54) is 17.4 Å². The van der Waals surface area contributed by atoms with E-state index in [1.807, 2.05) is 6.07 Å². The molecule has 1 atom stereocenters. The molecule has 1 N–H and O–H groups in total. The number of hydrogen-bond donors (Lipinski definition) is 1. The summed E-state index contributed by atoms with van der Waals surface area (Å²) in [7, 11) is 0. The second-order valence-electron chi connectivity index (χ2n) is 8.68. The summed E-state index contributed by atoms with van der Waals surface area (Å²) in [5, 5.41) is 1.25. The highest BCUT2D eigenvalue weighted by molar-refractivity contribution is 5.93. The molecule has 0 aliphatic carbocycles. The molecule has 6 heteroatoms. The van der Waals surface area contributed by atoms with Crippen molar-refractivity contribution in [2.45, 2.75) is 46.0 Å². The summed E-state index contributed by atoms with van der Waals surface area (Å²) in [6.45, 7) is 9.35. The molecule has 0 amide bonds. The molecule has 1 aliphatic heterocycles. The van der Waals surface area contributed by atoms with Crippen molar-refractivity contribution in [2.75, 3.05) is 37.6 Å². The Morgan fingerprint density at radius 1 is 1.16 bits per heavy atom. The number of H-pyrrole nitrogens is 1. The van der Waals surface area contributed by atoms with Crippen LogP contribution in [0.25, 0.3) is 10.9 Å². The van der Waals surface area contributed by atoms with E-state index in [2.05, 4.69) is 58.0 Å². The van der Waals surface area contributed by atoms with Crippen molar-refractivity contribution in [2.24, 2.45) is 5.92 Å². The van der Waals surface area contributed by atoms with Gasteiger partial charge in [-0.3, -0.25) is 9.69 Å². The van der Waals surface area contributed by atoms with Crippen LogP contribution in [0.2, 0.25) is 0 Å². The van der Waals surface area contributed by atoms with Crippen LogP contribution in [0.1, 0.15) is 55.6 Å². The minimum atomic E-state index is 0.0571. The average Bonchev–Trinajstić information content (AvgIpc) is 3.43. The number of hydrogen-bond acceptors (Lipinski definition) is 5. The molecule has 0 radical (unpaired) electrons. The molecule has 0 saturated carbocycles. The lowest BCUT2D eigenvalue weighted by Gasteiger charge is -2.33. The van der Waals surface area contributed by atoms with Gasteiger partial charge >= 0.3 is 0 Å². The van der Waals surface area contributed by atoms with Crippen molar-refractivity contribution in [3.63, 3.8) is 0 Å². The zero-order valence-corrected chi connectivity index (χ0v) is 18.8. The van der Waals surface area contributed by atoms with E-state index in [0.29, 0.717) is 24.1 Å². The molecular formula is C25H34N4O2. The Morgan fingerprint density at radius 2 is 1.97 bits per heavy atom. The number of Topliss-reactive ketones (excluding diaryl/α,β-unsaturated/α-hetero) is 1. The first-order valence-corrected chi connectivity index (χ1v) is 11.7. The van der Waals surface area contributed by atoms with Crippen molar-refractivity contribution in [1.29, 1.82) is 0 Å². The number of carbonyl (C=O) groups is 1. The predicted molar refractivity (Wildman–Crippen MR) is 125 cm³/mol. The largest absolute Gasteiger partial charge is 0.420 e. The monoisotopic (exact) mass is 422 g/mol. The van der Waals surface area contributed by atoms with Crippen molar-refractivity contribution in [3.05, 3.63) is 48.0 Å². The molecule has 1 aromatic carbocycles. The van der Waals surface area contributed by atoms with Gasteiger partial charge in [-0.1, -0.05) is 38.5 Å². The number of nitrogens with zero attached hydrogens (tertiary/aromatic N) is 3. The zero-order chi connectivity index (χ0) is 21.6. The fourth-order valence-corrected chi connectivity index (χ4v) is 4.68. The van der Waals surface area contributed by atoms with Crippen LogP contribution in [0.3, 0.4) is 0 Å². The fraction of sp³-hybridized carbons (Fsp3) is 0.520. The Kier molecular flexibility index (Phi) is 7.07. The molecule has 3 aromatic rings. The summed E-state index contributed by atoms with van der Waals surface area (Å²) in [5.41, 5.74) is 2.43. The SMILES string of the molecule is CCCC(CC(=O)c1cnc(N2CCN(CCC)CC2)o1)Cc1c[nH]c2ccccc12. The number of carbonyl (C=O) groups excluding carboxylic acids is 1. The summed E-state index contributed by atoms with van der Waals surface area (Å²) in [4.78, 5) is 25.4. The van der Waals surface area contributed by atoms with Crippen LogP contribution in [0.5, 0.6) is 0 Å². The van der Waals surface area contributed by atoms with Gasteiger partial charge in [0.25, 0.3) is 6.01 Å². The highest BCUT2D eigenvalue weighted by atomic mass is 16.4. The standard InChI is InChI=1S/C25H34N4O2/c1-3-7-19(15-20-17-26-22-9-6-5-8-21(20)22)16-23(30)24-18-27-25(31-24)29-13-11-28(10-4-2)12-14-29/h5-6,8-9,17-19,26H,3-4,7,10-16H2,1-2H3. The molecule has 4 rings (SSSR count). The molecule has 2 aromatic heterocycles. The molecule has 166 valence electrons. The van der Waals surface area contributed by atoms with Crippen molar-refractivity contribution in [3.8, 4) is 0 Å². The number of aromatic nitrogens is 2. The molecule has 6 nitrogen and oxygen atoms in total. The van der Waals surface area contributed by atoms with Crippen molar-refractivity contribution in [1.82, 2.24) is 14.9 Å². The van der Waals surface area contributed by atoms with E-state index < -0.39 is 0 Å². The highest BCUT2D eigenvalue weighted by Crippen LogP contribution is 2.26. The fourth-order valence-electron chi connectivity index (χ4n) is 4.68. The van der Waals surface area contributed by atoms with E-state index in [-0.39, 0.29) is 5.78 Å². The van der Waals surface area contributed by atoms with Gasteiger partial charge in [0.2, 0.25) is 0 Å². The number of benzene rings is 1. The maximum Gasteiger partial charge on any atom is 0.297 e. The van der Waals surface area contributed by atoms with Gasteiger partial charge < -0.3 is 14.3 Å². The van der Waals surface area contributed by atoms with E-state index in [4.69, 9.17) is 4.42 Å². The minimum Gasteiger partial charge on any atom is -0.420 e. The Labute approximate surface area is 184 Å². The van der Waals surface area contributed by atoms with Gasteiger partial charge in [0.15, 0.2) is 11.5 Å². The van der Waals surface area contributed by atoms with Crippen LogP contribution < -0.4 is 4.90 Å². The van der Waals surface area contributed by atoms with Gasteiger partial charge in [-0.05, 0) is 43.4 Å². The molecule has 3 heterocycles. The van der Waals surface area contributed by atoms with Crippen LogP contribution in [0, 0.1) is 5.92 Å². The lowest BCUT2D eigenvalue weighted by molar-refractivity contribution is 0.0931. The van der Waals surface area contributed by atoms with E-state index in [0.717, 1.165) is 57.5 Å². The molecule has 0 bridgehead atoms. The molecule has 1 saturated heterocycles. The molecule has 1 unspecified atom stereocenters. The molecule has 0 spiro atoms. The third-order valence-electron chi connectivity index (χ3n) is 6.31. The van der Waals surface area contributed by atoms with Gasteiger partial charge in [-0.2, -0.15) is 0 Å². The lowest BCUT2D eigenvalue weighted by Crippen LogP contribution is -2.46. The van der Waals surface area contributed by atoms with Crippen LogP contribution in [0.4, 0.5) is 6.01 Å². The normalized spacial score (nSPS) is 16.1. The predicted octanol–water partition coefficient (Wildman–Crippen LogP) is 4.92. The first-order chi connectivity index (χ1) is 15.2. The zero-order valence-electron chi connectivity index (χ0n) is 18.8. The van der Waals surface area contributed by atoms with Crippen molar-refractivity contribution < 1.29 is 9.21 Å². The maximum absolute atomic E-state index is 13.0. The third kappa shape index (κ3) is 5.18. The second kappa shape index (κ2) is 10.1. The molecule has 1 fully saturated rings. The quantitative estimate of drug-likeness (QED) is 0.470. The smallest absolute Gasteiger partial charge is 0.297 e. The first kappa shape index (κ1) is 21.6. The number of oxazole rings is 1.